The Labute approximate surface area is 118 Å². The van der Waals surface area contributed by atoms with Gasteiger partial charge in [0, 0.05) is 6.07 Å². The van der Waals surface area contributed by atoms with Gasteiger partial charge in [0.2, 0.25) is 0 Å². The normalized spacial score (nSPS) is 11.2. The van der Waals surface area contributed by atoms with E-state index in [1.54, 1.807) is 24.3 Å². The number of hydrogen-bond donors (Lipinski definition) is 0. The summed E-state index contributed by atoms with van der Waals surface area (Å²) in [7, 11) is 0. The number of hydrogen-bond acceptors (Lipinski definition) is 6. The van der Waals surface area contributed by atoms with Crippen molar-refractivity contribution in [2.24, 2.45) is 5.10 Å². The van der Waals surface area contributed by atoms with Crippen LogP contribution in [-0.4, -0.2) is 26.0 Å². The van der Waals surface area contributed by atoms with Crippen molar-refractivity contribution in [3.8, 4) is 5.75 Å². The van der Waals surface area contributed by atoms with E-state index in [4.69, 9.17) is 0 Å². The molecule has 0 N–H and O–H groups in total. The molecule has 0 unspecified atom stereocenters. The Morgan fingerprint density at radius 3 is 2.52 bits per heavy atom. The smallest absolute Gasteiger partial charge is 0.277 e. The van der Waals surface area contributed by atoms with E-state index >= 15 is 0 Å². The molecule has 0 bridgehead atoms. The molecular formula is C13H8N5O3-. The summed E-state index contributed by atoms with van der Waals surface area (Å²) < 4.78 is 1.29. The molecule has 1 aromatic heterocycles. The fourth-order valence-corrected chi connectivity index (χ4v) is 1.98. The Bertz CT molecular complexity index is 842. The van der Waals surface area contributed by atoms with Crippen LogP contribution in [0.5, 0.6) is 5.75 Å². The van der Waals surface area contributed by atoms with Gasteiger partial charge < -0.3 is 5.11 Å². The lowest BCUT2D eigenvalue weighted by Gasteiger charge is -2.14. The van der Waals surface area contributed by atoms with Crippen molar-refractivity contribution in [2.75, 3.05) is 0 Å². The van der Waals surface area contributed by atoms with Crippen molar-refractivity contribution in [3.05, 3.63) is 58.7 Å². The van der Waals surface area contributed by atoms with Gasteiger partial charge in [0.15, 0.2) is 0 Å². The number of rotatable bonds is 3. The average Bonchev–Trinajstić information content (AvgIpc) is 3.00. The second kappa shape index (κ2) is 5.00. The molecule has 3 rings (SSSR count). The highest BCUT2D eigenvalue weighted by atomic mass is 16.6. The Morgan fingerprint density at radius 2 is 1.86 bits per heavy atom. The van der Waals surface area contributed by atoms with Gasteiger partial charge in [0.1, 0.15) is 12.7 Å². The molecule has 0 radical (unpaired) electrons. The minimum absolute atomic E-state index is 0.129. The van der Waals surface area contributed by atoms with Gasteiger partial charge in [-0.15, -0.1) is 10.2 Å². The van der Waals surface area contributed by atoms with Crippen molar-refractivity contribution < 1.29 is 10.0 Å². The molecular weight excluding hydrogens is 274 g/mol. The van der Waals surface area contributed by atoms with Crippen molar-refractivity contribution >= 4 is 22.7 Å². The van der Waals surface area contributed by atoms with Gasteiger partial charge >= 0.3 is 0 Å². The predicted molar refractivity (Wildman–Crippen MR) is 73.1 cm³/mol. The van der Waals surface area contributed by atoms with Crippen LogP contribution in [0.15, 0.2) is 48.1 Å². The molecule has 21 heavy (non-hydrogen) atoms. The molecule has 0 saturated carbocycles. The van der Waals surface area contributed by atoms with Crippen molar-refractivity contribution in [3.63, 3.8) is 0 Å². The van der Waals surface area contributed by atoms with Gasteiger partial charge in [-0.1, -0.05) is 23.9 Å². The molecule has 2 aromatic carbocycles. The summed E-state index contributed by atoms with van der Waals surface area (Å²) in [5, 5.41) is 35.1. The van der Waals surface area contributed by atoms with E-state index in [0.29, 0.717) is 5.39 Å². The highest BCUT2D eigenvalue weighted by molar-refractivity contribution is 6.01. The second-order valence-electron chi connectivity index (χ2n) is 4.20. The SMILES string of the molecule is O=[N+]([O-])c1cc(/C=N\n2cnnc2)c([O-])c2ccccc12. The Kier molecular flexibility index (Phi) is 3.03. The van der Waals surface area contributed by atoms with Crippen LogP contribution < -0.4 is 5.11 Å². The Hall–Kier alpha value is -3.29. The van der Waals surface area contributed by atoms with E-state index in [9.17, 15) is 15.2 Å². The molecule has 8 nitrogen and oxygen atoms in total. The quantitative estimate of drug-likeness (QED) is 0.408. The number of benzene rings is 2. The molecule has 3 aromatic rings. The molecule has 1 heterocycles. The van der Waals surface area contributed by atoms with Crippen LogP contribution in [0.2, 0.25) is 0 Å². The summed E-state index contributed by atoms with van der Waals surface area (Å²) in [6.45, 7) is 0. The molecule has 0 aliphatic heterocycles. The molecule has 104 valence electrons. The summed E-state index contributed by atoms with van der Waals surface area (Å²) in [6.07, 6.45) is 3.94. The summed E-state index contributed by atoms with van der Waals surface area (Å²) >= 11 is 0. The third kappa shape index (κ3) is 2.29. The fourth-order valence-electron chi connectivity index (χ4n) is 1.98. The maximum Gasteiger partial charge on any atom is 0.277 e. The Balaban J connectivity index is 2.19. The molecule has 0 aliphatic rings. The predicted octanol–water partition coefficient (Wildman–Crippen LogP) is 1.30. The van der Waals surface area contributed by atoms with Crippen LogP contribution in [0, 0.1) is 10.1 Å². The summed E-state index contributed by atoms with van der Waals surface area (Å²) in [5.41, 5.74) is 0.00417. The van der Waals surface area contributed by atoms with Gasteiger partial charge in [0.25, 0.3) is 5.69 Å². The zero-order chi connectivity index (χ0) is 14.8. The van der Waals surface area contributed by atoms with Crippen molar-refractivity contribution in [1.29, 1.82) is 0 Å². The van der Waals surface area contributed by atoms with E-state index in [1.807, 2.05) is 0 Å². The molecule has 0 fully saturated rings. The lowest BCUT2D eigenvalue weighted by atomic mass is 10.0. The topological polar surface area (TPSA) is 109 Å². The standard InChI is InChI=1S/C13H9N5O3/c19-13-9(6-16-17-7-14-15-8-17)5-12(18(20)21)10-3-1-2-4-11(10)13/h1-8,19H/p-1/b16-6-. The maximum absolute atomic E-state index is 12.3. The first kappa shape index (κ1) is 12.7. The van der Waals surface area contributed by atoms with E-state index < -0.39 is 4.92 Å². The number of nitro benzene ring substituents is 1. The lowest BCUT2D eigenvalue weighted by Crippen LogP contribution is -2.01. The van der Waals surface area contributed by atoms with Crippen LogP contribution in [-0.2, 0) is 0 Å². The third-order valence-electron chi connectivity index (χ3n) is 2.94. The van der Waals surface area contributed by atoms with Gasteiger partial charge in [-0.3, -0.25) is 10.1 Å². The molecule has 8 heteroatoms. The first-order valence-electron chi connectivity index (χ1n) is 5.93. The molecule has 0 aliphatic carbocycles. The minimum Gasteiger partial charge on any atom is -0.872 e. The number of nitrogens with zero attached hydrogens (tertiary/aromatic N) is 5. The largest absolute Gasteiger partial charge is 0.872 e. The van der Waals surface area contributed by atoms with Gasteiger partial charge in [-0.25, -0.2) is 4.68 Å². The van der Waals surface area contributed by atoms with Gasteiger partial charge in [-0.05, 0) is 17.0 Å². The zero-order valence-corrected chi connectivity index (χ0v) is 10.6. The summed E-state index contributed by atoms with van der Waals surface area (Å²) in [6, 6.07) is 7.64. The van der Waals surface area contributed by atoms with E-state index in [-0.39, 0.29) is 22.4 Å². The van der Waals surface area contributed by atoms with Crippen molar-refractivity contribution in [1.82, 2.24) is 14.9 Å². The summed E-state index contributed by atoms with van der Waals surface area (Å²) in [4.78, 5) is 10.6. The first-order valence-corrected chi connectivity index (χ1v) is 5.93. The lowest BCUT2D eigenvalue weighted by molar-refractivity contribution is -0.383. The molecule has 0 spiro atoms. The zero-order valence-electron chi connectivity index (χ0n) is 10.6. The van der Waals surface area contributed by atoms with Crippen LogP contribution in [0.25, 0.3) is 10.8 Å². The van der Waals surface area contributed by atoms with Crippen LogP contribution in [0.3, 0.4) is 0 Å². The van der Waals surface area contributed by atoms with Gasteiger partial charge in [-0.2, -0.15) is 5.10 Å². The van der Waals surface area contributed by atoms with Crippen LogP contribution in [0.4, 0.5) is 5.69 Å². The highest BCUT2D eigenvalue weighted by Gasteiger charge is 2.14. The van der Waals surface area contributed by atoms with E-state index in [1.165, 1.54) is 29.6 Å². The minimum atomic E-state index is -0.516. The number of fused-ring (bicyclic) bond motifs is 1. The number of non-ortho nitro benzene ring substituents is 1. The average molecular weight is 282 g/mol. The summed E-state index contributed by atoms with van der Waals surface area (Å²) in [5.74, 6) is -0.312. The maximum atomic E-state index is 12.3. The van der Waals surface area contributed by atoms with Gasteiger partial charge in [0.05, 0.1) is 16.5 Å². The van der Waals surface area contributed by atoms with E-state index in [2.05, 4.69) is 15.3 Å². The first-order chi connectivity index (χ1) is 10.2. The fraction of sp³-hybridized carbons (Fsp3) is 0. The number of aromatic nitrogens is 3. The second-order valence-corrected chi connectivity index (χ2v) is 4.20. The molecule has 0 saturated heterocycles. The van der Waals surface area contributed by atoms with E-state index in [0.717, 1.165) is 0 Å². The van der Waals surface area contributed by atoms with Crippen LogP contribution in [0.1, 0.15) is 5.56 Å². The molecule has 0 amide bonds. The molecule has 0 atom stereocenters. The number of nitro groups is 1. The third-order valence-corrected chi connectivity index (χ3v) is 2.94. The monoisotopic (exact) mass is 282 g/mol. The van der Waals surface area contributed by atoms with Crippen molar-refractivity contribution in [2.45, 2.75) is 0 Å². The van der Waals surface area contributed by atoms with Crippen LogP contribution >= 0.6 is 0 Å². The highest BCUT2D eigenvalue weighted by Crippen LogP contribution is 2.33. The Morgan fingerprint density at radius 1 is 1.19 bits per heavy atom.